The van der Waals surface area contributed by atoms with E-state index in [2.05, 4.69) is 9.88 Å². The third-order valence-electron chi connectivity index (χ3n) is 2.70. The number of aliphatic carboxylic acids is 1. The van der Waals surface area contributed by atoms with Crippen LogP contribution in [0, 0.1) is 6.92 Å². The number of carboxylic acids is 1. The first-order valence-electron chi connectivity index (χ1n) is 5.83. The van der Waals surface area contributed by atoms with Gasteiger partial charge in [-0.3, -0.25) is 4.79 Å². The molecule has 6 nitrogen and oxygen atoms in total. The van der Waals surface area contributed by atoms with Crippen molar-refractivity contribution >= 4 is 34.3 Å². The van der Waals surface area contributed by atoms with E-state index in [4.69, 9.17) is 9.84 Å². The average molecular weight is 282 g/mol. The van der Waals surface area contributed by atoms with Crippen LogP contribution in [-0.2, 0) is 14.3 Å². The van der Waals surface area contributed by atoms with Crippen molar-refractivity contribution < 1.29 is 19.4 Å². The Hall–Kier alpha value is -1.73. The van der Waals surface area contributed by atoms with Gasteiger partial charge in [0.05, 0.1) is 23.8 Å². The highest BCUT2D eigenvalue weighted by molar-refractivity contribution is 7.16. The first kappa shape index (κ1) is 13.7. The van der Waals surface area contributed by atoms with E-state index in [0.29, 0.717) is 13.2 Å². The number of ketones is 1. The van der Waals surface area contributed by atoms with Gasteiger partial charge in [0, 0.05) is 13.1 Å². The topological polar surface area (TPSA) is 79.7 Å². The Balaban J connectivity index is 2.12. The van der Waals surface area contributed by atoms with E-state index in [1.54, 1.807) is 0 Å². The number of nitrogens with zero attached hydrogens (tertiary/aromatic N) is 2. The van der Waals surface area contributed by atoms with E-state index >= 15 is 0 Å². The van der Waals surface area contributed by atoms with Crippen LogP contribution in [0.15, 0.2) is 6.08 Å². The lowest BCUT2D eigenvalue weighted by Crippen LogP contribution is -2.36. The number of carboxylic acid groups (broad SMARTS) is 1. The summed E-state index contributed by atoms with van der Waals surface area (Å²) in [4.78, 5) is 28.8. The van der Waals surface area contributed by atoms with Crippen molar-refractivity contribution in [3.8, 4) is 0 Å². The minimum atomic E-state index is -1.45. The molecule has 0 amide bonds. The number of hydrogen-bond donors (Lipinski definition) is 1. The van der Waals surface area contributed by atoms with Gasteiger partial charge in [-0.05, 0) is 19.1 Å². The van der Waals surface area contributed by atoms with Crippen molar-refractivity contribution in [2.24, 2.45) is 0 Å². The highest BCUT2D eigenvalue weighted by Gasteiger charge is 2.16. The van der Waals surface area contributed by atoms with E-state index in [-0.39, 0.29) is 0 Å². The van der Waals surface area contributed by atoms with Crippen molar-refractivity contribution in [1.29, 1.82) is 0 Å². The Morgan fingerprint density at radius 2 is 2.11 bits per heavy atom. The van der Waals surface area contributed by atoms with Crippen molar-refractivity contribution in [1.82, 2.24) is 4.98 Å². The summed E-state index contributed by atoms with van der Waals surface area (Å²) in [7, 11) is 0. The SMILES string of the molecule is Cc1nc(N2CCOCC2)sc1/C=C/C(=O)C(=O)O. The summed E-state index contributed by atoms with van der Waals surface area (Å²) in [6.45, 7) is 4.79. The number of carbonyl (C=O) groups excluding carboxylic acids is 1. The molecule has 0 radical (unpaired) electrons. The normalized spacial score (nSPS) is 15.9. The van der Waals surface area contributed by atoms with Crippen LogP contribution in [0.3, 0.4) is 0 Å². The maximum atomic E-state index is 11.0. The lowest BCUT2D eigenvalue weighted by atomic mass is 10.3. The molecule has 0 aliphatic carbocycles. The molecule has 0 spiro atoms. The van der Waals surface area contributed by atoms with Crippen molar-refractivity contribution in [3.63, 3.8) is 0 Å². The number of morpholine rings is 1. The van der Waals surface area contributed by atoms with Gasteiger partial charge in [0.15, 0.2) is 5.13 Å². The van der Waals surface area contributed by atoms with Gasteiger partial charge in [-0.15, -0.1) is 0 Å². The smallest absolute Gasteiger partial charge is 0.376 e. The molecular formula is C12H14N2O4S. The number of ether oxygens (including phenoxy) is 1. The molecule has 0 aromatic carbocycles. The first-order chi connectivity index (χ1) is 9.08. The fraction of sp³-hybridized carbons (Fsp3) is 0.417. The quantitative estimate of drug-likeness (QED) is 0.654. The van der Waals surface area contributed by atoms with Gasteiger partial charge in [0.1, 0.15) is 0 Å². The molecule has 0 saturated carbocycles. The van der Waals surface area contributed by atoms with Gasteiger partial charge in [0.2, 0.25) is 0 Å². The number of hydrogen-bond acceptors (Lipinski definition) is 6. The predicted octanol–water partition coefficient (Wildman–Crippen LogP) is 0.955. The molecule has 1 aromatic heterocycles. The largest absolute Gasteiger partial charge is 0.475 e. The molecule has 102 valence electrons. The third-order valence-corrected chi connectivity index (χ3v) is 3.88. The van der Waals surface area contributed by atoms with E-state index in [9.17, 15) is 9.59 Å². The molecule has 1 aliphatic heterocycles. The highest BCUT2D eigenvalue weighted by Crippen LogP contribution is 2.27. The zero-order valence-corrected chi connectivity index (χ0v) is 11.3. The lowest BCUT2D eigenvalue weighted by molar-refractivity contribution is -0.146. The van der Waals surface area contributed by atoms with Crippen LogP contribution in [0.2, 0.25) is 0 Å². The van der Waals surface area contributed by atoms with E-state index in [1.807, 2.05) is 6.92 Å². The zero-order valence-electron chi connectivity index (χ0n) is 10.5. The number of thiazole rings is 1. The van der Waals surface area contributed by atoms with Crippen molar-refractivity contribution in [2.75, 3.05) is 31.2 Å². The monoisotopic (exact) mass is 282 g/mol. The van der Waals surface area contributed by atoms with E-state index in [0.717, 1.165) is 34.9 Å². The Kier molecular flexibility index (Phi) is 4.28. The molecular weight excluding hydrogens is 268 g/mol. The van der Waals surface area contributed by atoms with Crippen LogP contribution in [0.1, 0.15) is 10.6 Å². The minimum Gasteiger partial charge on any atom is -0.475 e. The molecule has 0 bridgehead atoms. The maximum Gasteiger partial charge on any atom is 0.376 e. The Bertz CT molecular complexity index is 518. The van der Waals surface area contributed by atoms with Crippen LogP contribution < -0.4 is 4.90 Å². The summed E-state index contributed by atoms with van der Waals surface area (Å²) in [6, 6.07) is 0. The molecule has 1 saturated heterocycles. The maximum absolute atomic E-state index is 11.0. The molecule has 2 rings (SSSR count). The predicted molar refractivity (Wildman–Crippen MR) is 71.6 cm³/mol. The molecule has 1 aliphatic rings. The van der Waals surface area contributed by atoms with Gasteiger partial charge in [-0.1, -0.05) is 11.3 Å². The molecule has 1 N–H and O–H groups in total. The molecule has 2 heterocycles. The molecule has 1 fully saturated rings. The van der Waals surface area contributed by atoms with Crippen LogP contribution >= 0.6 is 11.3 Å². The summed E-state index contributed by atoms with van der Waals surface area (Å²) < 4.78 is 5.27. The van der Waals surface area contributed by atoms with Crippen molar-refractivity contribution in [2.45, 2.75) is 6.92 Å². The Labute approximate surface area is 114 Å². The summed E-state index contributed by atoms with van der Waals surface area (Å²) in [5, 5.41) is 9.38. The molecule has 19 heavy (non-hydrogen) atoms. The zero-order chi connectivity index (χ0) is 13.8. The second-order valence-electron chi connectivity index (χ2n) is 4.05. The fourth-order valence-electron chi connectivity index (χ4n) is 1.66. The average Bonchev–Trinajstić information content (AvgIpc) is 2.78. The Morgan fingerprint density at radius 3 is 2.74 bits per heavy atom. The molecule has 7 heteroatoms. The van der Waals surface area contributed by atoms with Gasteiger partial charge in [0.25, 0.3) is 5.78 Å². The van der Waals surface area contributed by atoms with Gasteiger partial charge < -0.3 is 14.7 Å². The molecule has 0 atom stereocenters. The van der Waals surface area contributed by atoms with Crippen LogP contribution in [-0.4, -0.2) is 48.1 Å². The number of carbonyl (C=O) groups is 2. The lowest BCUT2D eigenvalue weighted by Gasteiger charge is -2.25. The van der Waals surface area contributed by atoms with Gasteiger partial charge in [-0.25, -0.2) is 9.78 Å². The highest BCUT2D eigenvalue weighted by atomic mass is 32.1. The third kappa shape index (κ3) is 3.39. The number of rotatable bonds is 4. The summed E-state index contributed by atoms with van der Waals surface area (Å²) >= 11 is 1.45. The second kappa shape index (κ2) is 5.94. The molecule has 0 unspecified atom stereocenters. The fourth-order valence-corrected chi connectivity index (χ4v) is 2.68. The van der Waals surface area contributed by atoms with Crippen molar-refractivity contribution in [3.05, 3.63) is 16.6 Å². The number of aryl methyl sites for hydroxylation is 1. The van der Waals surface area contributed by atoms with Crippen LogP contribution in [0.4, 0.5) is 5.13 Å². The van der Waals surface area contributed by atoms with Crippen LogP contribution in [0.25, 0.3) is 6.08 Å². The second-order valence-corrected chi connectivity index (χ2v) is 5.06. The van der Waals surface area contributed by atoms with Gasteiger partial charge >= 0.3 is 5.97 Å². The summed E-state index contributed by atoms with van der Waals surface area (Å²) in [5.41, 5.74) is 0.793. The van der Waals surface area contributed by atoms with Gasteiger partial charge in [-0.2, -0.15) is 0 Å². The first-order valence-corrected chi connectivity index (χ1v) is 6.65. The number of anilines is 1. The standard InChI is InChI=1S/C12H14N2O4S/c1-8-10(3-2-9(15)11(16)17)19-12(13-8)14-4-6-18-7-5-14/h2-3H,4-7H2,1H3,(H,16,17)/b3-2+. The Morgan fingerprint density at radius 1 is 1.42 bits per heavy atom. The molecule has 1 aromatic rings. The van der Waals surface area contributed by atoms with Crippen LogP contribution in [0.5, 0.6) is 0 Å². The van der Waals surface area contributed by atoms with E-state index < -0.39 is 11.8 Å². The van der Waals surface area contributed by atoms with E-state index in [1.165, 1.54) is 17.4 Å². The summed E-state index contributed by atoms with van der Waals surface area (Å²) in [5.74, 6) is -2.38. The minimum absolute atomic E-state index is 0.682. The summed E-state index contributed by atoms with van der Waals surface area (Å²) in [6.07, 6.45) is 2.57. The number of aromatic nitrogens is 1.